The van der Waals surface area contributed by atoms with Crippen molar-refractivity contribution in [2.75, 3.05) is 19.7 Å². The van der Waals surface area contributed by atoms with Crippen LogP contribution in [0.25, 0.3) is 0 Å². The smallest absolute Gasteiger partial charge is 0.242 e. The van der Waals surface area contributed by atoms with Gasteiger partial charge >= 0.3 is 0 Å². The van der Waals surface area contributed by atoms with Crippen LogP contribution in [0.5, 0.6) is 0 Å². The Balaban J connectivity index is 1.42. The van der Waals surface area contributed by atoms with Crippen molar-refractivity contribution in [2.45, 2.75) is 76.5 Å². The van der Waals surface area contributed by atoms with Crippen molar-refractivity contribution in [2.24, 2.45) is 5.92 Å². The Labute approximate surface area is 167 Å². The van der Waals surface area contributed by atoms with Gasteiger partial charge in [0.15, 0.2) is 0 Å². The second-order valence-electron chi connectivity index (χ2n) is 8.52. The van der Waals surface area contributed by atoms with Crippen LogP contribution in [-0.4, -0.2) is 53.5 Å². The summed E-state index contributed by atoms with van der Waals surface area (Å²) >= 11 is 0. The summed E-state index contributed by atoms with van der Waals surface area (Å²) in [6.45, 7) is 1.95. The number of rotatable bonds is 8. The molecule has 28 heavy (non-hydrogen) atoms. The van der Waals surface area contributed by atoms with E-state index in [1.54, 1.807) is 6.26 Å². The van der Waals surface area contributed by atoms with E-state index < -0.39 is 0 Å². The van der Waals surface area contributed by atoms with Gasteiger partial charge in [0.25, 0.3) is 0 Å². The zero-order chi connectivity index (χ0) is 19.3. The number of furan rings is 1. The van der Waals surface area contributed by atoms with Crippen LogP contribution in [0.4, 0.5) is 0 Å². The van der Waals surface area contributed by atoms with Gasteiger partial charge in [-0.2, -0.15) is 0 Å². The van der Waals surface area contributed by atoms with Crippen LogP contribution in [0.3, 0.4) is 0 Å². The van der Waals surface area contributed by atoms with Gasteiger partial charge in [-0.1, -0.05) is 19.3 Å². The third kappa shape index (κ3) is 4.96. The minimum atomic E-state index is 0.00274. The van der Waals surface area contributed by atoms with Crippen LogP contribution in [0.2, 0.25) is 0 Å². The van der Waals surface area contributed by atoms with Gasteiger partial charge in [0.05, 0.1) is 18.9 Å². The Morgan fingerprint density at radius 1 is 1.04 bits per heavy atom. The van der Waals surface area contributed by atoms with Gasteiger partial charge in [0.1, 0.15) is 12.3 Å². The van der Waals surface area contributed by atoms with Gasteiger partial charge in [0.2, 0.25) is 11.8 Å². The number of hydrogen-bond acceptors (Lipinski definition) is 4. The van der Waals surface area contributed by atoms with Gasteiger partial charge in [-0.15, -0.1) is 0 Å². The quantitative estimate of drug-likeness (QED) is 0.685. The molecule has 6 heteroatoms. The van der Waals surface area contributed by atoms with Crippen LogP contribution >= 0.6 is 0 Å². The molecule has 2 amide bonds. The molecule has 2 aliphatic carbocycles. The van der Waals surface area contributed by atoms with Crippen LogP contribution in [0, 0.1) is 5.92 Å². The van der Waals surface area contributed by atoms with E-state index in [2.05, 4.69) is 0 Å². The highest BCUT2D eigenvalue weighted by atomic mass is 16.5. The van der Waals surface area contributed by atoms with Crippen molar-refractivity contribution in [1.82, 2.24) is 9.80 Å². The second kappa shape index (κ2) is 9.12. The van der Waals surface area contributed by atoms with Crippen molar-refractivity contribution in [3.8, 4) is 0 Å². The number of amides is 2. The Hall–Kier alpha value is -1.82. The maximum absolute atomic E-state index is 13.2. The summed E-state index contributed by atoms with van der Waals surface area (Å²) in [5.41, 5.74) is 0. The molecule has 3 aliphatic rings. The average Bonchev–Trinajstić information content (AvgIpc) is 3.18. The largest absolute Gasteiger partial charge is 0.467 e. The molecule has 2 saturated carbocycles. The molecule has 0 bridgehead atoms. The van der Waals surface area contributed by atoms with E-state index >= 15 is 0 Å². The highest BCUT2D eigenvalue weighted by Gasteiger charge is 2.38. The lowest BCUT2D eigenvalue weighted by Crippen LogP contribution is -2.47. The van der Waals surface area contributed by atoms with Gasteiger partial charge in [-0.25, -0.2) is 0 Å². The van der Waals surface area contributed by atoms with Crippen molar-refractivity contribution in [3.63, 3.8) is 0 Å². The summed E-state index contributed by atoms with van der Waals surface area (Å²) in [6, 6.07) is 3.99. The third-order valence-corrected chi connectivity index (χ3v) is 6.26. The van der Waals surface area contributed by atoms with Crippen LogP contribution < -0.4 is 0 Å². The SMILES string of the molecule is O=C(CN(C(=O)C1CCCCC1)C1CC1)N(Cc1ccco1)CC1CCCO1. The highest BCUT2D eigenvalue weighted by molar-refractivity contribution is 5.86. The van der Waals surface area contributed by atoms with Crippen molar-refractivity contribution in [1.29, 1.82) is 0 Å². The first-order chi connectivity index (χ1) is 13.7. The first-order valence-electron chi connectivity index (χ1n) is 10.9. The minimum absolute atomic E-state index is 0.00274. The van der Waals surface area contributed by atoms with Crippen molar-refractivity contribution in [3.05, 3.63) is 24.2 Å². The zero-order valence-corrected chi connectivity index (χ0v) is 16.7. The summed E-state index contributed by atoms with van der Waals surface area (Å²) in [5, 5.41) is 0. The van der Waals surface area contributed by atoms with E-state index in [1.165, 1.54) is 6.42 Å². The summed E-state index contributed by atoms with van der Waals surface area (Å²) in [5.74, 6) is 1.08. The first kappa shape index (κ1) is 19.5. The van der Waals surface area contributed by atoms with Gasteiger partial charge in [0, 0.05) is 25.1 Å². The zero-order valence-electron chi connectivity index (χ0n) is 16.7. The molecule has 1 atom stereocenters. The normalized spacial score (nSPS) is 22.9. The molecule has 3 fully saturated rings. The van der Waals surface area contributed by atoms with Crippen molar-refractivity contribution < 1.29 is 18.7 Å². The molecule has 1 aromatic heterocycles. The molecule has 0 radical (unpaired) electrons. The maximum Gasteiger partial charge on any atom is 0.242 e. The number of ether oxygens (including phenoxy) is 1. The van der Waals surface area contributed by atoms with E-state index in [0.29, 0.717) is 13.1 Å². The molecule has 2 heterocycles. The molecule has 0 N–H and O–H groups in total. The Morgan fingerprint density at radius 2 is 1.86 bits per heavy atom. The average molecular weight is 389 g/mol. The number of hydrogen-bond donors (Lipinski definition) is 0. The van der Waals surface area contributed by atoms with Crippen molar-refractivity contribution >= 4 is 11.8 Å². The van der Waals surface area contributed by atoms with E-state index in [0.717, 1.165) is 63.7 Å². The molecule has 4 rings (SSSR count). The lowest BCUT2D eigenvalue weighted by Gasteiger charge is -2.32. The Morgan fingerprint density at radius 3 is 2.50 bits per heavy atom. The molecular formula is C22H32N2O4. The summed E-state index contributed by atoms with van der Waals surface area (Å²) in [6.07, 6.45) is 11.2. The molecule has 1 unspecified atom stereocenters. The van der Waals surface area contributed by atoms with Crippen LogP contribution in [0.15, 0.2) is 22.8 Å². The number of carbonyl (C=O) groups is 2. The predicted molar refractivity (Wildman–Crippen MR) is 104 cm³/mol. The molecule has 1 saturated heterocycles. The monoisotopic (exact) mass is 388 g/mol. The van der Waals surface area contributed by atoms with E-state index in [1.807, 2.05) is 21.9 Å². The highest BCUT2D eigenvalue weighted by Crippen LogP contribution is 2.32. The number of nitrogens with zero attached hydrogens (tertiary/aromatic N) is 2. The fourth-order valence-electron chi connectivity index (χ4n) is 4.48. The van der Waals surface area contributed by atoms with Gasteiger partial charge in [-0.3, -0.25) is 9.59 Å². The van der Waals surface area contributed by atoms with Crippen LogP contribution in [-0.2, 0) is 20.9 Å². The third-order valence-electron chi connectivity index (χ3n) is 6.26. The lowest BCUT2D eigenvalue weighted by molar-refractivity contribution is -0.145. The lowest BCUT2D eigenvalue weighted by atomic mass is 9.88. The van der Waals surface area contributed by atoms with Crippen LogP contribution in [0.1, 0.15) is 63.5 Å². The summed E-state index contributed by atoms with van der Waals surface area (Å²) in [4.78, 5) is 30.0. The fourth-order valence-corrected chi connectivity index (χ4v) is 4.48. The fraction of sp³-hybridized carbons (Fsp3) is 0.727. The molecular weight excluding hydrogens is 356 g/mol. The maximum atomic E-state index is 13.2. The minimum Gasteiger partial charge on any atom is -0.467 e. The molecule has 0 aromatic carbocycles. The van der Waals surface area contributed by atoms with E-state index in [4.69, 9.17) is 9.15 Å². The Kier molecular flexibility index (Phi) is 6.35. The standard InChI is InChI=1S/C22H32N2O4/c25-21(16-24(18-10-11-18)22(26)17-6-2-1-3-7-17)23(14-19-8-4-12-27-19)15-20-9-5-13-28-20/h4,8,12,17-18,20H,1-3,5-7,9-11,13-16H2. The predicted octanol–water partition coefficient (Wildman–Crippen LogP) is 3.36. The number of carbonyl (C=O) groups excluding carboxylic acids is 2. The first-order valence-corrected chi connectivity index (χ1v) is 10.9. The Bertz CT molecular complexity index is 644. The molecule has 1 aliphatic heterocycles. The molecule has 0 spiro atoms. The molecule has 6 nitrogen and oxygen atoms in total. The molecule has 154 valence electrons. The topological polar surface area (TPSA) is 63.0 Å². The summed E-state index contributed by atoms with van der Waals surface area (Å²) < 4.78 is 11.2. The molecule has 1 aromatic rings. The second-order valence-corrected chi connectivity index (χ2v) is 8.52. The van der Waals surface area contributed by atoms with Gasteiger partial charge < -0.3 is 19.0 Å². The summed E-state index contributed by atoms with van der Waals surface area (Å²) in [7, 11) is 0. The van der Waals surface area contributed by atoms with E-state index in [9.17, 15) is 9.59 Å². The van der Waals surface area contributed by atoms with E-state index in [-0.39, 0.29) is 36.4 Å². The van der Waals surface area contributed by atoms with Gasteiger partial charge in [-0.05, 0) is 50.7 Å².